The number of aliphatic hydroxyl groups excluding tert-OH is 3. The molecule has 2 aromatic rings. The Kier molecular flexibility index (Phi) is 4.63. The lowest BCUT2D eigenvalue weighted by Crippen LogP contribution is -2.50. The summed E-state index contributed by atoms with van der Waals surface area (Å²) < 4.78 is 5.89. The molecule has 0 bridgehead atoms. The first kappa shape index (κ1) is 15.3. The van der Waals surface area contributed by atoms with Gasteiger partial charge >= 0.3 is 0 Å². The zero-order valence-corrected chi connectivity index (χ0v) is 12.6. The van der Waals surface area contributed by atoms with Crippen LogP contribution in [-0.4, -0.2) is 49.8 Å². The van der Waals surface area contributed by atoms with E-state index in [1.54, 1.807) is 12.4 Å². The molecule has 116 valence electrons. The molecule has 4 atom stereocenters. The van der Waals surface area contributed by atoms with Crippen LogP contribution < -0.4 is 4.74 Å². The van der Waals surface area contributed by atoms with E-state index < -0.39 is 23.7 Å². The molecule has 1 fully saturated rings. The zero-order chi connectivity index (χ0) is 15.5. The lowest BCUT2D eigenvalue weighted by molar-refractivity contribution is -0.0785. The van der Waals surface area contributed by atoms with Crippen molar-refractivity contribution in [2.24, 2.45) is 0 Å². The number of ether oxygens (including phenoxy) is 1. The van der Waals surface area contributed by atoms with Gasteiger partial charge in [0.2, 0.25) is 0 Å². The highest BCUT2D eigenvalue weighted by atomic mass is 32.2. The SMILES string of the molecule is O[C@@H]1[C@@H](O)[C@@H](Oc2ccccc2-c2cccnc2)SC[C@H]1O. The molecule has 5 nitrogen and oxygen atoms in total. The third-order valence-corrected chi connectivity index (χ3v) is 4.79. The number of pyridine rings is 1. The zero-order valence-electron chi connectivity index (χ0n) is 11.7. The first-order chi connectivity index (χ1) is 10.7. The van der Waals surface area contributed by atoms with E-state index >= 15 is 0 Å². The van der Waals surface area contributed by atoms with E-state index in [1.807, 2.05) is 36.4 Å². The van der Waals surface area contributed by atoms with Gasteiger partial charge in [-0.25, -0.2) is 0 Å². The Hall–Kier alpha value is -1.60. The summed E-state index contributed by atoms with van der Waals surface area (Å²) in [5, 5.41) is 29.4. The van der Waals surface area contributed by atoms with Crippen molar-refractivity contribution < 1.29 is 20.1 Å². The van der Waals surface area contributed by atoms with Gasteiger partial charge in [0.15, 0.2) is 5.44 Å². The maximum Gasteiger partial charge on any atom is 0.173 e. The maximum atomic E-state index is 10.1. The molecule has 6 heteroatoms. The van der Waals surface area contributed by atoms with Crippen LogP contribution in [0, 0.1) is 0 Å². The van der Waals surface area contributed by atoms with Crippen molar-refractivity contribution in [2.75, 3.05) is 5.75 Å². The molecule has 1 aliphatic rings. The molecule has 3 N–H and O–H groups in total. The van der Waals surface area contributed by atoms with Crippen molar-refractivity contribution in [3.05, 3.63) is 48.8 Å². The Bertz CT molecular complexity index is 625. The molecule has 1 aliphatic heterocycles. The highest BCUT2D eigenvalue weighted by molar-refractivity contribution is 7.99. The Morgan fingerprint density at radius 2 is 1.86 bits per heavy atom. The second-order valence-electron chi connectivity index (χ2n) is 5.11. The molecule has 0 aliphatic carbocycles. The number of hydrogen-bond donors (Lipinski definition) is 3. The Labute approximate surface area is 132 Å². The molecular weight excluding hydrogens is 302 g/mol. The van der Waals surface area contributed by atoms with Crippen LogP contribution in [0.3, 0.4) is 0 Å². The summed E-state index contributed by atoms with van der Waals surface area (Å²) in [6.07, 6.45) is 0.164. The molecule has 0 radical (unpaired) electrons. The van der Waals surface area contributed by atoms with E-state index in [9.17, 15) is 15.3 Å². The fourth-order valence-corrected chi connectivity index (χ4v) is 3.45. The average molecular weight is 319 g/mol. The van der Waals surface area contributed by atoms with E-state index in [-0.39, 0.29) is 0 Å². The number of para-hydroxylation sites is 1. The third kappa shape index (κ3) is 3.10. The van der Waals surface area contributed by atoms with Crippen LogP contribution in [0.2, 0.25) is 0 Å². The van der Waals surface area contributed by atoms with Gasteiger partial charge in [0.25, 0.3) is 0 Å². The standard InChI is InChI=1S/C16H17NO4S/c18-12-9-22-16(15(20)14(12)19)21-13-6-2-1-5-11(13)10-4-3-7-17-8-10/h1-8,12,14-16,18-20H,9H2/t12-,14+,15-,16+/m1/s1. The topological polar surface area (TPSA) is 82.8 Å². The summed E-state index contributed by atoms with van der Waals surface area (Å²) in [6.45, 7) is 0. The minimum absolute atomic E-state index is 0.317. The highest BCUT2D eigenvalue weighted by Crippen LogP contribution is 2.34. The smallest absolute Gasteiger partial charge is 0.173 e. The minimum atomic E-state index is -1.20. The van der Waals surface area contributed by atoms with Gasteiger partial charge in [0.1, 0.15) is 18.0 Å². The van der Waals surface area contributed by atoms with Gasteiger partial charge in [0.05, 0.1) is 6.10 Å². The number of aromatic nitrogens is 1. The van der Waals surface area contributed by atoms with Crippen LogP contribution in [0.4, 0.5) is 0 Å². The summed E-state index contributed by atoms with van der Waals surface area (Å²) in [6, 6.07) is 11.2. The van der Waals surface area contributed by atoms with Gasteiger partial charge in [-0.1, -0.05) is 24.3 Å². The lowest BCUT2D eigenvalue weighted by atomic mass is 10.1. The largest absolute Gasteiger partial charge is 0.476 e. The van der Waals surface area contributed by atoms with E-state index in [4.69, 9.17) is 4.74 Å². The van der Waals surface area contributed by atoms with E-state index in [0.29, 0.717) is 11.5 Å². The number of benzene rings is 1. The molecule has 0 unspecified atom stereocenters. The molecule has 2 heterocycles. The highest BCUT2D eigenvalue weighted by Gasteiger charge is 2.38. The molecule has 0 amide bonds. The third-order valence-electron chi connectivity index (χ3n) is 3.56. The quantitative estimate of drug-likeness (QED) is 0.791. The minimum Gasteiger partial charge on any atom is -0.476 e. The predicted octanol–water partition coefficient (Wildman–Crippen LogP) is 1.28. The Balaban J connectivity index is 1.84. The molecule has 0 saturated carbocycles. The predicted molar refractivity (Wildman–Crippen MR) is 84.6 cm³/mol. The van der Waals surface area contributed by atoms with Crippen molar-refractivity contribution in [1.29, 1.82) is 0 Å². The van der Waals surface area contributed by atoms with Crippen molar-refractivity contribution in [2.45, 2.75) is 23.7 Å². The van der Waals surface area contributed by atoms with Gasteiger partial charge in [-0.3, -0.25) is 4.98 Å². The first-order valence-electron chi connectivity index (χ1n) is 6.98. The summed E-state index contributed by atoms with van der Waals surface area (Å²) in [5.41, 5.74) is 1.15. The second-order valence-corrected chi connectivity index (χ2v) is 6.24. The van der Waals surface area contributed by atoms with Crippen LogP contribution >= 0.6 is 11.8 Å². The normalized spacial score (nSPS) is 28.3. The number of nitrogens with zero attached hydrogens (tertiary/aromatic N) is 1. The van der Waals surface area contributed by atoms with Crippen LogP contribution in [0.1, 0.15) is 0 Å². The number of aliphatic hydroxyl groups is 3. The summed E-state index contributed by atoms with van der Waals surface area (Å²) in [5.74, 6) is 0.924. The van der Waals surface area contributed by atoms with E-state index in [0.717, 1.165) is 11.1 Å². The molecule has 1 saturated heterocycles. The second kappa shape index (κ2) is 6.66. The average Bonchev–Trinajstić information content (AvgIpc) is 2.57. The Morgan fingerprint density at radius 3 is 2.64 bits per heavy atom. The first-order valence-corrected chi connectivity index (χ1v) is 8.03. The monoisotopic (exact) mass is 319 g/mol. The van der Waals surface area contributed by atoms with E-state index in [2.05, 4.69) is 4.98 Å². The van der Waals surface area contributed by atoms with Crippen molar-refractivity contribution in [3.63, 3.8) is 0 Å². The van der Waals surface area contributed by atoms with Gasteiger partial charge in [0, 0.05) is 29.3 Å². The van der Waals surface area contributed by atoms with Gasteiger partial charge < -0.3 is 20.1 Å². The van der Waals surface area contributed by atoms with Crippen molar-refractivity contribution in [3.8, 4) is 16.9 Å². The summed E-state index contributed by atoms with van der Waals surface area (Å²) in [4.78, 5) is 4.10. The maximum absolute atomic E-state index is 10.1. The number of rotatable bonds is 3. The lowest BCUT2D eigenvalue weighted by Gasteiger charge is -2.34. The van der Waals surface area contributed by atoms with Crippen LogP contribution in [0.25, 0.3) is 11.1 Å². The van der Waals surface area contributed by atoms with Crippen LogP contribution in [0.15, 0.2) is 48.8 Å². The molecule has 1 aromatic heterocycles. The number of thioether (sulfide) groups is 1. The van der Waals surface area contributed by atoms with Gasteiger partial charge in [-0.15, -0.1) is 11.8 Å². The molecule has 22 heavy (non-hydrogen) atoms. The van der Waals surface area contributed by atoms with Crippen molar-refractivity contribution in [1.82, 2.24) is 4.98 Å². The van der Waals surface area contributed by atoms with Crippen molar-refractivity contribution >= 4 is 11.8 Å². The molecule has 1 aromatic carbocycles. The number of hydrogen-bond acceptors (Lipinski definition) is 6. The van der Waals surface area contributed by atoms with Crippen LogP contribution in [-0.2, 0) is 0 Å². The molecule has 0 spiro atoms. The van der Waals surface area contributed by atoms with Gasteiger partial charge in [-0.05, 0) is 12.1 Å². The van der Waals surface area contributed by atoms with Gasteiger partial charge in [-0.2, -0.15) is 0 Å². The fraction of sp³-hybridized carbons (Fsp3) is 0.312. The molecule has 3 rings (SSSR count). The van der Waals surface area contributed by atoms with Crippen LogP contribution in [0.5, 0.6) is 5.75 Å². The fourth-order valence-electron chi connectivity index (χ4n) is 2.34. The summed E-state index contributed by atoms with van der Waals surface area (Å²) in [7, 11) is 0. The Morgan fingerprint density at radius 1 is 1.05 bits per heavy atom. The summed E-state index contributed by atoms with van der Waals surface area (Å²) >= 11 is 1.28. The van der Waals surface area contributed by atoms with E-state index in [1.165, 1.54) is 11.8 Å². The molecular formula is C16H17NO4S.